The molecule has 0 radical (unpaired) electrons. The highest BCUT2D eigenvalue weighted by atomic mass is 32.2. The van der Waals surface area contributed by atoms with E-state index in [0.717, 1.165) is 16.7 Å². The fraction of sp³-hybridized carbons (Fsp3) is 0.0556. The van der Waals surface area contributed by atoms with Gasteiger partial charge in [-0.2, -0.15) is 5.26 Å². The first-order valence-corrected chi connectivity index (χ1v) is 7.94. The lowest BCUT2D eigenvalue weighted by Gasteiger charge is -2.11. The van der Waals surface area contributed by atoms with Crippen molar-refractivity contribution in [2.45, 2.75) is 0 Å². The largest absolute Gasteiger partial charge is 0.478 e. The van der Waals surface area contributed by atoms with E-state index >= 15 is 0 Å². The van der Waals surface area contributed by atoms with E-state index in [0.29, 0.717) is 21.9 Å². The summed E-state index contributed by atoms with van der Waals surface area (Å²) in [7, 11) is 0. The van der Waals surface area contributed by atoms with Crippen molar-refractivity contribution < 1.29 is 14.3 Å². The monoisotopic (exact) mass is 336 g/mol. The third-order valence-corrected chi connectivity index (χ3v) is 4.18. The highest BCUT2D eigenvalue weighted by Gasteiger charge is 2.36. The van der Waals surface area contributed by atoms with Gasteiger partial charge in [0.25, 0.3) is 11.1 Å². The van der Waals surface area contributed by atoms with Crippen LogP contribution in [0.4, 0.5) is 10.5 Å². The Labute approximate surface area is 143 Å². The van der Waals surface area contributed by atoms with Crippen LogP contribution >= 0.6 is 11.8 Å². The number of carbonyl (C=O) groups is 2. The second-order valence-electron chi connectivity index (χ2n) is 4.84. The molecular weight excluding hydrogens is 324 g/mol. The molecule has 0 aliphatic carbocycles. The minimum absolute atomic E-state index is 0.0870. The van der Waals surface area contributed by atoms with E-state index in [1.54, 1.807) is 54.6 Å². The molecule has 0 N–H and O–H groups in total. The fourth-order valence-electron chi connectivity index (χ4n) is 2.25. The number of nitriles is 1. The second-order valence-corrected chi connectivity index (χ2v) is 5.83. The van der Waals surface area contributed by atoms with Crippen molar-refractivity contribution >= 4 is 34.7 Å². The molecule has 1 fully saturated rings. The predicted octanol–water partition coefficient (Wildman–Crippen LogP) is 3.83. The second kappa shape index (κ2) is 7.02. The molecule has 5 nitrogen and oxygen atoms in total. The molecular formula is C18H12N2O3S. The molecule has 6 heteroatoms. The predicted molar refractivity (Wildman–Crippen MR) is 92.4 cm³/mol. The van der Waals surface area contributed by atoms with Gasteiger partial charge < -0.3 is 4.74 Å². The lowest BCUT2D eigenvalue weighted by atomic mass is 10.2. The Hall–Kier alpha value is -3.04. The number of anilines is 1. The first-order valence-electron chi connectivity index (χ1n) is 7.12. The van der Waals surface area contributed by atoms with Gasteiger partial charge in [0.05, 0.1) is 10.6 Å². The minimum atomic E-state index is -0.369. The van der Waals surface area contributed by atoms with Crippen LogP contribution in [0.15, 0.2) is 59.5 Å². The SMILES string of the molecule is N#CCOc1ccccc1/C=C1\SC(=O)N(c2ccccc2)C1=O. The van der Waals surface area contributed by atoms with Crippen LogP contribution in [0.25, 0.3) is 6.08 Å². The Morgan fingerprint density at radius 1 is 1.08 bits per heavy atom. The van der Waals surface area contributed by atoms with Crippen molar-refractivity contribution in [1.29, 1.82) is 5.26 Å². The summed E-state index contributed by atoms with van der Waals surface area (Å²) in [4.78, 5) is 26.2. The van der Waals surface area contributed by atoms with E-state index in [4.69, 9.17) is 10.00 Å². The topological polar surface area (TPSA) is 70.4 Å². The number of carbonyl (C=O) groups excluding carboxylic acids is 2. The maximum absolute atomic E-state index is 12.6. The van der Waals surface area contributed by atoms with Crippen LogP contribution < -0.4 is 9.64 Å². The molecule has 0 aromatic heterocycles. The van der Waals surface area contributed by atoms with Gasteiger partial charge in [0.2, 0.25) is 0 Å². The molecule has 24 heavy (non-hydrogen) atoms. The normalized spacial score (nSPS) is 15.6. The summed E-state index contributed by atoms with van der Waals surface area (Å²) >= 11 is 0.882. The molecule has 1 aliphatic rings. The van der Waals surface area contributed by atoms with E-state index in [1.807, 2.05) is 12.1 Å². The number of rotatable bonds is 4. The average Bonchev–Trinajstić information content (AvgIpc) is 2.88. The Bertz CT molecular complexity index is 856. The maximum atomic E-state index is 12.6. The molecule has 0 saturated carbocycles. The molecule has 2 amide bonds. The highest BCUT2D eigenvalue weighted by Crippen LogP contribution is 2.36. The molecule has 2 aromatic rings. The van der Waals surface area contributed by atoms with E-state index in [2.05, 4.69) is 0 Å². The number of hydrogen-bond donors (Lipinski definition) is 0. The van der Waals surface area contributed by atoms with Crippen LogP contribution in [0.5, 0.6) is 5.75 Å². The van der Waals surface area contributed by atoms with Gasteiger partial charge in [0.1, 0.15) is 11.8 Å². The standard InChI is InChI=1S/C18H12N2O3S/c19-10-11-23-15-9-5-4-6-13(15)12-16-17(21)20(18(22)24-16)14-7-2-1-3-8-14/h1-9,12H,11H2/b16-12-. The van der Waals surface area contributed by atoms with E-state index < -0.39 is 0 Å². The van der Waals surface area contributed by atoms with Gasteiger partial charge in [-0.05, 0) is 36.0 Å². The summed E-state index contributed by atoms with van der Waals surface area (Å²) in [6, 6.07) is 17.7. The summed E-state index contributed by atoms with van der Waals surface area (Å²) in [5, 5.41) is 8.30. The summed E-state index contributed by atoms with van der Waals surface area (Å²) in [6.07, 6.45) is 1.61. The fourth-order valence-corrected chi connectivity index (χ4v) is 3.08. The van der Waals surface area contributed by atoms with Crippen LogP contribution in [0.2, 0.25) is 0 Å². The first kappa shape index (κ1) is 15.8. The van der Waals surface area contributed by atoms with Gasteiger partial charge in [-0.25, -0.2) is 4.90 Å². The molecule has 0 bridgehead atoms. The van der Waals surface area contributed by atoms with Gasteiger partial charge in [-0.15, -0.1) is 0 Å². The van der Waals surface area contributed by atoms with Gasteiger partial charge in [0.15, 0.2) is 6.61 Å². The van der Waals surface area contributed by atoms with E-state index in [-0.39, 0.29) is 17.8 Å². The van der Waals surface area contributed by atoms with E-state index in [1.165, 1.54) is 0 Å². The van der Waals surface area contributed by atoms with Crippen molar-refractivity contribution in [2.75, 3.05) is 11.5 Å². The molecule has 1 heterocycles. The number of hydrogen-bond acceptors (Lipinski definition) is 5. The van der Waals surface area contributed by atoms with Crippen LogP contribution in [0.1, 0.15) is 5.56 Å². The van der Waals surface area contributed by atoms with Crippen molar-refractivity contribution in [3.8, 4) is 11.8 Å². The number of nitrogens with zero attached hydrogens (tertiary/aromatic N) is 2. The van der Waals surface area contributed by atoms with Crippen LogP contribution in [-0.2, 0) is 4.79 Å². The Kier molecular flexibility index (Phi) is 4.64. The zero-order valence-electron chi connectivity index (χ0n) is 12.5. The van der Waals surface area contributed by atoms with Crippen molar-refractivity contribution in [3.63, 3.8) is 0 Å². The molecule has 1 saturated heterocycles. The summed E-state index contributed by atoms with van der Waals surface area (Å²) < 4.78 is 5.35. The number of para-hydroxylation sites is 2. The third kappa shape index (κ3) is 3.16. The molecule has 0 atom stereocenters. The van der Waals surface area contributed by atoms with Crippen molar-refractivity contribution in [2.24, 2.45) is 0 Å². The van der Waals surface area contributed by atoms with Gasteiger partial charge >= 0.3 is 0 Å². The van der Waals surface area contributed by atoms with Crippen LogP contribution in [-0.4, -0.2) is 17.8 Å². The Balaban J connectivity index is 1.92. The van der Waals surface area contributed by atoms with Gasteiger partial charge in [0, 0.05) is 5.56 Å². The van der Waals surface area contributed by atoms with Crippen molar-refractivity contribution in [3.05, 3.63) is 65.1 Å². The summed E-state index contributed by atoms with van der Waals surface area (Å²) in [6.45, 7) is -0.0870. The lowest BCUT2D eigenvalue weighted by Crippen LogP contribution is -2.27. The smallest absolute Gasteiger partial charge is 0.298 e. The number of thioether (sulfide) groups is 1. The molecule has 3 rings (SSSR count). The zero-order chi connectivity index (χ0) is 16.9. The van der Waals surface area contributed by atoms with Gasteiger partial charge in [-0.3, -0.25) is 9.59 Å². The van der Waals surface area contributed by atoms with Gasteiger partial charge in [-0.1, -0.05) is 36.4 Å². The number of ether oxygens (including phenoxy) is 1. The third-order valence-electron chi connectivity index (χ3n) is 3.31. The van der Waals surface area contributed by atoms with Crippen molar-refractivity contribution in [1.82, 2.24) is 0 Å². The first-order chi connectivity index (χ1) is 11.7. The number of amides is 2. The Morgan fingerprint density at radius 3 is 2.54 bits per heavy atom. The zero-order valence-corrected chi connectivity index (χ0v) is 13.3. The van der Waals surface area contributed by atoms with E-state index in [9.17, 15) is 9.59 Å². The van der Waals surface area contributed by atoms with Crippen LogP contribution in [0.3, 0.4) is 0 Å². The minimum Gasteiger partial charge on any atom is -0.478 e. The highest BCUT2D eigenvalue weighted by molar-refractivity contribution is 8.19. The molecule has 118 valence electrons. The van der Waals surface area contributed by atoms with Crippen LogP contribution in [0, 0.1) is 11.3 Å². The molecule has 0 spiro atoms. The summed E-state index contributed by atoms with van der Waals surface area (Å²) in [5.41, 5.74) is 1.18. The molecule has 1 aliphatic heterocycles. The Morgan fingerprint density at radius 2 is 1.79 bits per heavy atom. The number of imide groups is 1. The lowest BCUT2D eigenvalue weighted by molar-refractivity contribution is -0.113. The maximum Gasteiger partial charge on any atom is 0.298 e. The molecule has 2 aromatic carbocycles. The molecule has 0 unspecified atom stereocenters. The quantitative estimate of drug-likeness (QED) is 0.794. The average molecular weight is 336 g/mol. The summed E-state index contributed by atoms with van der Waals surface area (Å²) in [5.74, 6) is 0.122. The number of benzene rings is 2.